The van der Waals surface area contributed by atoms with Gasteiger partial charge in [-0.25, -0.2) is 4.98 Å². The molecule has 3 rings (SSSR count). The molecule has 0 saturated carbocycles. The molecular formula is C22H31N5OS. The van der Waals surface area contributed by atoms with Crippen molar-refractivity contribution in [3.63, 3.8) is 0 Å². The number of thiazole rings is 1. The van der Waals surface area contributed by atoms with Crippen LogP contribution in [0.15, 0.2) is 23.6 Å². The Morgan fingerprint density at radius 2 is 2.03 bits per heavy atom. The van der Waals surface area contributed by atoms with Crippen molar-refractivity contribution in [2.24, 2.45) is 0 Å². The van der Waals surface area contributed by atoms with E-state index in [1.54, 1.807) is 23.2 Å². The summed E-state index contributed by atoms with van der Waals surface area (Å²) >= 11 is 1.77. The lowest BCUT2D eigenvalue weighted by Gasteiger charge is -2.22. The topological polar surface area (TPSA) is 65.7 Å². The van der Waals surface area contributed by atoms with E-state index in [2.05, 4.69) is 54.6 Å². The third-order valence-corrected chi connectivity index (χ3v) is 6.37. The van der Waals surface area contributed by atoms with Crippen molar-refractivity contribution < 1.29 is 4.74 Å². The van der Waals surface area contributed by atoms with Crippen LogP contribution in [-0.2, 0) is 18.3 Å². The largest absolute Gasteiger partial charge is 0.496 e. The lowest BCUT2D eigenvalue weighted by Crippen LogP contribution is -2.18. The van der Waals surface area contributed by atoms with Gasteiger partial charge in [-0.1, -0.05) is 34.6 Å². The molecule has 0 unspecified atom stereocenters. The van der Waals surface area contributed by atoms with Gasteiger partial charge in [0, 0.05) is 23.1 Å². The Kier molecular flexibility index (Phi) is 6.67. The molecule has 0 spiro atoms. The molecule has 0 radical (unpaired) electrons. The van der Waals surface area contributed by atoms with E-state index >= 15 is 0 Å². The van der Waals surface area contributed by atoms with Crippen LogP contribution in [0.3, 0.4) is 0 Å². The molecule has 0 fully saturated rings. The van der Waals surface area contributed by atoms with Gasteiger partial charge in [-0.2, -0.15) is 0 Å². The van der Waals surface area contributed by atoms with E-state index in [4.69, 9.17) is 9.72 Å². The standard InChI is InChI=1S/C22H31N5OS/c1-7-20-24-26-27(25-20)17-10-11-18(28-6)16(13-17)9-8-12-22(4,5)19-14-29-21(23-19)15(2)3/h10-11,13-15H,7-9,12H2,1-6H3. The second-order valence-electron chi connectivity index (χ2n) is 8.31. The van der Waals surface area contributed by atoms with Crippen molar-refractivity contribution in [2.75, 3.05) is 7.11 Å². The zero-order chi connectivity index (χ0) is 21.0. The maximum atomic E-state index is 5.58. The number of hydrogen-bond donors (Lipinski definition) is 0. The van der Waals surface area contributed by atoms with Gasteiger partial charge in [0.15, 0.2) is 5.82 Å². The zero-order valence-corrected chi connectivity index (χ0v) is 19.1. The fourth-order valence-corrected chi connectivity index (χ4v) is 4.32. The first-order valence-corrected chi connectivity index (χ1v) is 11.1. The Morgan fingerprint density at radius 3 is 2.66 bits per heavy atom. The first-order chi connectivity index (χ1) is 13.8. The van der Waals surface area contributed by atoms with Crippen molar-refractivity contribution in [1.82, 2.24) is 25.2 Å². The number of aromatic nitrogens is 5. The number of tetrazole rings is 1. The van der Waals surface area contributed by atoms with Crippen LogP contribution in [0.5, 0.6) is 5.75 Å². The summed E-state index contributed by atoms with van der Waals surface area (Å²) in [6.45, 7) is 11.0. The second kappa shape index (κ2) is 9.03. The van der Waals surface area contributed by atoms with Gasteiger partial charge in [-0.15, -0.1) is 26.3 Å². The molecule has 2 aromatic heterocycles. The van der Waals surface area contributed by atoms with Crippen LogP contribution >= 0.6 is 11.3 Å². The minimum atomic E-state index is 0.0535. The third kappa shape index (κ3) is 5.01. The summed E-state index contributed by atoms with van der Waals surface area (Å²) in [6, 6.07) is 6.06. The van der Waals surface area contributed by atoms with E-state index in [9.17, 15) is 0 Å². The van der Waals surface area contributed by atoms with Crippen LogP contribution in [0.25, 0.3) is 5.69 Å². The van der Waals surface area contributed by atoms with Crippen LogP contribution in [0, 0.1) is 0 Å². The van der Waals surface area contributed by atoms with Crippen LogP contribution in [0.4, 0.5) is 0 Å². The number of rotatable bonds is 9. The molecule has 0 saturated heterocycles. The molecule has 0 aliphatic rings. The summed E-state index contributed by atoms with van der Waals surface area (Å²) in [6.07, 6.45) is 3.81. The van der Waals surface area contributed by atoms with Gasteiger partial charge in [-0.3, -0.25) is 0 Å². The summed E-state index contributed by atoms with van der Waals surface area (Å²) in [4.78, 5) is 6.46. The van der Waals surface area contributed by atoms with Crippen LogP contribution in [-0.4, -0.2) is 32.3 Å². The van der Waals surface area contributed by atoms with Crippen molar-refractivity contribution in [1.29, 1.82) is 0 Å². The molecule has 0 amide bonds. The minimum Gasteiger partial charge on any atom is -0.496 e. The predicted molar refractivity (Wildman–Crippen MR) is 117 cm³/mol. The predicted octanol–water partition coefficient (Wildman–Crippen LogP) is 5.11. The molecule has 0 bridgehead atoms. The quantitative estimate of drug-likeness (QED) is 0.487. The third-order valence-electron chi connectivity index (χ3n) is 5.22. The Morgan fingerprint density at radius 1 is 1.24 bits per heavy atom. The molecule has 2 heterocycles. The summed E-state index contributed by atoms with van der Waals surface area (Å²) in [5.74, 6) is 2.13. The Hall–Kier alpha value is -2.28. The molecule has 0 N–H and O–H groups in total. The second-order valence-corrected chi connectivity index (χ2v) is 9.20. The fraction of sp³-hybridized carbons (Fsp3) is 0.545. The number of ether oxygens (including phenoxy) is 1. The normalized spacial score (nSPS) is 12.0. The van der Waals surface area contributed by atoms with Gasteiger partial charge in [0.1, 0.15) is 5.75 Å². The van der Waals surface area contributed by atoms with Gasteiger partial charge < -0.3 is 4.74 Å². The maximum Gasteiger partial charge on any atom is 0.174 e. The van der Waals surface area contributed by atoms with Gasteiger partial charge in [0.05, 0.1) is 23.5 Å². The first kappa shape index (κ1) is 21.4. The number of hydrogen-bond acceptors (Lipinski definition) is 6. The van der Waals surface area contributed by atoms with Crippen molar-refractivity contribution >= 4 is 11.3 Å². The molecule has 7 heteroatoms. The summed E-state index contributed by atoms with van der Waals surface area (Å²) in [5, 5.41) is 16.1. The van der Waals surface area contributed by atoms with E-state index in [-0.39, 0.29) is 5.41 Å². The Labute approximate surface area is 177 Å². The summed E-state index contributed by atoms with van der Waals surface area (Å²) in [7, 11) is 1.72. The smallest absolute Gasteiger partial charge is 0.174 e. The molecule has 3 aromatic rings. The minimum absolute atomic E-state index is 0.0535. The number of benzene rings is 1. The molecular weight excluding hydrogens is 382 g/mol. The number of methoxy groups -OCH3 is 1. The average molecular weight is 414 g/mol. The van der Waals surface area contributed by atoms with Gasteiger partial charge in [-0.05, 0) is 48.2 Å². The fourth-order valence-electron chi connectivity index (χ4n) is 3.29. The highest BCUT2D eigenvalue weighted by Crippen LogP contribution is 2.33. The lowest BCUT2D eigenvalue weighted by molar-refractivity contribution is 0.404. The van der Waals surface area contributed by atoms with E-state index in [0.29, 0.717) is 5.92 Å². The summed E-state index contributed by atoms with van der Waals surface area (Å²) in [5.41, 5.74) is 3.33. The van der Waals surface area contributed by atoms with Gasteiger partial charge in [0.25, 0.3) is 0 Å². The van der Waals surface area contributed by atoms with E-state index in [0.717, 1.165) is 48.5 Å². The monoisotopic (exact) mass is 413 g/mol. The average Bonchev–Trinajstić information content (AvgIpc) is 3.38. The molecule has 1 aromatic carbocycles. The van der Waals surface area contributed by atoms with E-state index < -0.39 is 0 Å². The molecule has 0 atom stereocenters. The zero-order valence-electron chi connectivity index (χ0n) is 18.3. The van der Waals surface area contributed by atoms with Crippen LogP contribution < -0.4 is 4.74 Å². The van der Waals surface area contributed by atoms with E-state index in [1.165, 1.54) is 10.7 Å². The highest BCUT2D eigenvalue weighted by molar-refractivity contribution is 7.09. The SMILES string of the molecule is CCc1nnn(-c2ccc(OC)c(CCCC(C)(C)c3csc(C(C)C)n3)c2)n1. The molecule has 156 valence electrons. The molecule has 0 aliphatic carbocycles. The van der Waals surface area contributed by atoms with Gasteiger partial charge in [0.2, 0.25) is 0 Å². The first-order valence-electron chi connectivity index (χ1n) is 10.3. The van der Waals surface area contributed by atoms with E-state index in [1.807, 2.05) is 19.1 Å². The highest BCUT2D eigenvalue weighted by atomic mass is 32.1. The Balaban J connectivity index is 1.70. The number of aryl methyl sites for hydroxylation is 2. The molecule has 6 nitrogen and oxygen atoms in total. The molecule has 0 aliphatic heterocycles. The highest BCUT2D eigenvalue weighted by Gasteiger charge is 2.24. The number of nitrogens with zero attached hydrogens (tertiary/aromatic N) is 5. The lowest BCUT2D eigenvalue weighted by atomic mass is 9.84. The van der Waals surface area contributed by atoms with Crippen LogP contribution in [0.2, 0.25) is 0 Å². The van der Waals surface area contributed by atoms with Crippen molar-refractivity contribution in [3.8, 4) is 11.4 Å². The van der Waals surface area contributed by atoms with Crippen molar-refractivity contribution in [3.05, 3.63) is 45.7 Å². The van der Waals surface area contributed by atoms with Crippen molar-refractivity contribution in [2.45, 2.75) is 71.6 Å². The summed E-state index contributed by atoms with van der Waals surface area (Å²) < 4.78 is 5.58. The van der Waals surface area contributed by atoms with Crippen LogP contribution in [0.1, 0.15) is 75.5 Å². The van der Waals surface area contributed by atoms with Gasteiger partial charge >= 0.3 is 0 Å². The Bertz CT molecular complexity index is 944. The molecule has 29 heavy (non-hydrogen) atoms. The maximum absolute atomic E-state index is 5.58.